The minimum atomic E-state index is -0.938. The number of piperazine rings is 1. The first-order chi connectivity index (χ1) is 20.5. The first kappa shape index (κ1) is 27.1. The number of pyridine rings is 1. The summed E-state index contributed by atoms with van der Waals surface area (Å²) in [7, 11) is 0. The molecular formula is C30H29ClN6O4S. The van der Waals surface area contributed by atoms with Gasteiger partial charge in [-0.25, -0.2) is 14.8 Å². The molecule has 0 aliphatic carbocycles. The van der Waals surface area contributed by atoms with E-state index in [4.69, 9.17) is 31.0 Å². The number of benzene rings is 2. The molecule has 2 saturated heterocycles. The summed E-state index contributed by atoms with van der Waals surface area (Å²) < 4.78 is 14.9. The first-order valence-electron chi connectivity index (χ1n) is 13.9. The van der Waals surface area contributed by atoms with Crippen LogP contribution >= 0.6 is 22.9 Å². The fourth-order valence-corrected chi connectivity index (χ4v) is 6.43. The molecule has 0 amide bonds. The zero-order valence-corrected chi connectivity index (χ0v) is 24.4. The van der Waals surface area contributed by atoms with Gasteiger partial charge in [0.25, 0.3) is 0 Å². The fraction of sp³-hybridized carbons (Fsp3) is 0.333. The first-order valence-corrected chi connectivity index (χ1v) is 15.1. The Kier molecular flexibility index (Phi) is 7.41. The minimum Gasteiger partial charge on any atom is -0.478 e. The van der Waals surface area contributed by atoms with Crippen LogP contribution in [0.2, 0.25) is 5.02 Å². The van der Waals surface area contributed by atoms with E-state index in [0.29, 0.717) is 30.6 Å². The highest BCUT2D eigenvalue weighted by molar-refractivity contribution is 7.18. The smallest absolute Gasteiger partial charge is 0.335 e. The Labute approximate surface area is 251 Å². The van der Waals surface area contributed by atoms with E-state index in [1.807, 2.05) is 36.4 Å². The van der Waals surface area contributed by atoms with E-state index in [1.165, 1.54) is 0 Å². The highest BCUT2D eigenvalue weighted by atomic mass is 35.5. The van der Waals surface area contributed by atoms with Crippen molar-refractivity contribution in [2.45, 2.75) is 32.2 Å². The van der Waals surface area contributed by atoms with Crippen LogP contribution in [0.25, 0.3) is 21.3 Å². The summed E-state index contributed by atoms with van der Waals surface area (Å²) in [5.41, 5.74) is 2.79. The van der Waals surface area contributed by atoms with E-state index in [9.17, 15) is 9.90 Å². The van der Waals surface area contributed by atoms with Gasteiger partial charge in [0.2, 0.25) is 5.88 Å². The fourth-order valence-electron chi connectivity index (χ4n) is 5.40. The zero-order valence-electron chi connectivity index (χ0n) is 22.8. The lowest BCUT2D eigenvalue weighted by atomic mass is 10.1. The van der Waals surface area contributed by atoms with Crippen molar-refractivity contribution in [2.24, 2.45) is 0 Å². The third-order valence-electron chi connectivity index (χ3n) is 7.76. The minimum absolute atomic E-state index is 0.139. The van der Waals surface area contributed by atoms with Gasteiger partial charge in [-0.15, -0.1) is 11.3 Å². The highest BCUT2D eigenvalue weighted by Crippen LogP contribution is 2.27. The summed E-state index contributed by atoms with van der Waals surface area (Å²) in [5, 5.41) is 11.1. The number of carbonyl (C=O) groups is 1. The number of carboxylic acid groups (broad SMARTS) is 1. The molecule has 12 heteroatoms. The number of carboxylic acids is 1. The van der Waals surface area contributed by atoms with Crippen LogP contribution in [0.3, 0.4) is 0 Å². The molecule has 42 heavy (non-hydrogen) atoms. The average molecular weight is 605 g/mol. The Hall–Kier alpha value is -3.77. The molecule has 2 aliphatic rings. The van der Waals surface area contributed by atoms with Gasteiger partial charge in [0.1, 0.15) is 23.3 Å². The van der Waals surface area contributed by atoms with Gasteiger partial charge in [-0.05, 0) is 48.9 Å². The van der Waals surface area contributed by atoms with E-state index in [1.54, 1.807) is 29.5 Å². The normalized spacial score (nSPS) is 17.5. The zero-order chi connectivity index (χ0) is 28.6. The maximum atomic E-state index is 11.6. The average Bonchev–Trinajstić information content (AvgIpc) is 3.53. The molecule has 1 unspecified atom stereocenters. The lowest BCUT2D eigenvalue weighted by Crippen LogP contribution is -2.46. The van der Waals surface area contributed by atoms with Crippen molar-refractivity contribution >= 4 is 56.0 Å². The topological polar surface area (TPSA) is 106 Å². The number of rotatable bonds is 9. The monoisotopic (exact) mass is 604 g/mol. The molecular weight excluding hydrogens is 576 g/mol. The predicted molar refractivity (Wildman–Crippen MR) is 162 cm³/mol. The van der Waals surface area contributed by atoms with Crippen molar-refractivity contribution < 1.29 is 19.4 Å². The number of anilines is 1. The number of hydrogen-bond acceptors (Lipinski definition) is 9. The number of thiazole rings is 1. The summed E-state index contributed by atoms with van der Waals surface area (Å²) in [6, 6.07) is 16.7. The lowest BCUT2D eigenvalue weighted by Gasteiger charge is -2.35. The van der Waals surface area contributed by atoms with E-state index in [2.05, 4.69) is 19.4 Å². The molecule has 2 aliphatic heterocycles. The molecule has 2 fully saturated rings. The standard InChI is InChI=1S/C30H29ClN6O4S/c31-20-5-7-25-23(15-20)33-29(42-25)18-41-28-3-1-2-26(34-28)36-11-9-35(10-12-36)17-27-32-22-6-4-19(30(38)39)14-24(22)37(27)16-21-8-13-40-21/h1-7,14-15,21H,8-13,16-18H2,(H,38,39). The van der Waals surface area contributed by atoms with Crippen LogP contribution in [-0.4, -0.2) is 74.4 Å². The molecule has 5 aromatic rings. The van der Waals surface area contributed by atoms with Crippen molar-refractivity contribution in [3.63, 3.8) is 0 Å². The molecule has 0 spiro atoms. The van der Waals surface area contributed by atoms with Crippen molar-refractivity contribution in [2.75, 3.05) is 37.7 Å². The number of fused-ring (bicyclic) bond motifs is 2. The highest BCUT2D eigenvalue weighted by Gasteiger charge is 2.25. The Morgan fingerprint density at radius 3 is 2.69 bits per heavy atom. The molecule has 1 atom stereocenters. The molecule has 5 heterocycles. The van der Waals surface area contributed by atoms with Crippen molar-refractivity contribution in [3.8, 4) is 5.88 Å². The molecule has 2 aromatic carbocycles. The van der Waals surface area contributed by atoms with Gasteiger partial charge in [0.05, 0.1) is 46.0 Å². The van der Waals surface area contributed by atoms with Crippen LogP contribution in [0.4, 0.5) is 5.82 Å². The maximum Gasteiger partial charge on any atom is 0.335 e. The van der Waals surface area contributed by atoms with Gasteiger partial charge in [-0.3, -0.25) is 4.90 Å². The largest absolute Gasteiger partial charge is 0.478 e. The predicted octanol–water partition coefficient (Wildman–Crippen LogP) is 5.08. The van der Waals surface area contributed by atoms with E-state index < -0.39 is 5.97 Å². The lowest BCUT2D eigenvalue weighted by molar-refractivity contribution is -0.0592. The third-order valence-corrected chi connectivity index (χ3v) is 9.01. The molecule has 7 rings (SSSR count). The number of hydrogen-bond donors (Lipinski definition) is 1. The van der Waals surface area contributed by atoms with E-state index >= 15 is 0 Å². The van der Waals surface area contributed by atoms with E-state index in [-0.39, 0.29) is 11.7 Å². The van der Waals surface area contributed by atoms with Gasteiger partial charge in [-0.1, -0.05) is 17.7 Å². The van der Waals surface area contributed by atoms with Gasteiger partial charge in [0.15, 0.2) is 0 Å². The number of halogens is 1. The molecule has 0 radical (unpaired) electrons. The van der Waals surface area contributed by atoms with Crippen LogP contribution in [0.15, 0.2) is 54.6 Å². The SMILES string of the molecule is O=C(O)c1ccc2nc(CN3CCN(c4cccc(OCc5nc6cc(Cl)ccc6s5)n4)CC3)n(CC3CCO3)c2c1. The van der Waals surface area contributed by atoms with Crippen LogP contribution in [0.5, 0.6) is 5.88 Å². The molecule has 216 valence electrons. The second kappa shape index (κ2) is 11.5. The summed E-state index contributed by atoms with van der Waals surface area (Å²) in [4.78, 5) is 30.5. The van der Waals surface area contributed by atoms with Crippen molar-refractivity contribution in [3.05, 3.63) is 76.0 Å². The maximum absolute atomic E-state index is 11.6. The van der Waals surface area contributed by atoms with Crippen molar-refractivity contribution in [1.29, 1.82) is 0 Å². The number of imidazole rings is 1. The Balaban J connectivity index is 1.000. The summed E-state index contributed by atoms with van der Waals surface area (Å²) >= 11 is 7.69. The molecule has 10 nitrogen and oxygen atoms in total. The molecule has 0 bridgehead atoms. The van der Waals surface area contributed by atoms with Gasteiger partial charge in [0, 0.05) is 43.9 Å². The second-order valence-electron chi connectivity index (χ2n) is 10.5. The molecule has 1 N–H and O–H groups in total. The Morgan fingerprint density at radius 2 is 1.90 bits per heavy atom. The van der Waals surface area contributed by atoms with Gasteiger partial charge < -0.3 is 24.0 Å². The summed E-state index contributed by atoms with van der Waals surface area (Å²) in [5.74, 6) is 1.45. The van der Waals surface area contributed by atoms with E-state index in [0.717, 1.165) is 77.1 Å². The van der Waals surface area contributed by atoms with Gasteiger partial charge in [-0.2, -0.15) is 4.98 Å². The van der Waals surface area contributed by atoms with Crippen molar-refractivity contribution in [1.82, 2.24) is 24.4 Å². The molecule has 0 saturated carbocycles. The second-order valence-corrected chi connectivity index (χ2v) is 12.1. The van der Waals surface area contributed by atoms with Crippen LogP contribution in [-0.2, 0) is 24.4 Å². The Morgan fingerprint density at radius 1 is 1.05 bits per heavy atom. The quantitative estimate of drug-likeness (QED) is 0.246. The number of aromatic nitrogens is 4. The van der Waals surface area contributed by atoms with Crippen LogP contribution < -0.4 is 9.64 Å². The Bertz CT molecular complexity index is 1760. The summed E-state index contributed by atoms with van der Waals surface area (Å²) in [6.45, 7) is 5.83. The van der Waals surface area contributed by atoms with Gasteiger partial charge >= 0.3 is 5.97 Å². The number of nitrogens with zero attached hydrogens (tertiary/aromatic N) is 6. The third kappa shape index (κ3) is 5.65. The summed E-state index contributed by atoms with van der Waals surface area (Å²) in [6.07, 6.45) is 1.14. The van der Waals surface area contributed by atoms with Crippen LogP contribution in [0, 0.1) is 0 Å². The van der Waals surface area contributed by atoms with Crippen LogP contribution in [0.1, 0.15) is 27.6 Å². The molecule has 3 aromatic heterocycles. The number of aromatic carboxylic acids is 1. The number of ether oxygens (including phenoxy) is 2.